The van der Waals surface area contributed by atoms with Gasteiger partial charge in [0.05, 0.1) is 17.8 Å². The van der Waals surface area contributed by atoms with Crippen LogP contribution in [-0.4, -0.2) is 31.0 Å². The lowest BCUT2D eigenvalue weighted by Crippen LogP contribution is -2.42. The Morgan fingerprint density at radius 2 is 2.41 bits per heavy atom. The van der Waals surface area contributed by atoms with Gasteiger partial charge in [-0.25, -0.2) is 4.98 Å². The second-order valence-electron chi connectivity index (χ2n) is 4.34. The molecule has 1 aromatic heterocycles. The van der Waals surface area contributed by atoms with E-state index in [0.717, 1.165) is 31.6 Å². The molecule has 92 valence electrons. The lowest BCUT2D eigenvalue weighted by atomic mass is 9.97. The Kier molecular flexibility index (Phi) is 3.46. The summed E-state index contributed by atoms with van der Waals surface area (Å²) in [5.41, 5.74) is 6.59. The molecular formula is C12H18N4O. The summed E-state index contributed by atoms with van der Waals surface area (Å²) in [4.78, 5) is 17.9. The molecule has 1 amide bonds. The number of rotatable bonds is 2. The summed E-state index contributed by atoms with van der Waals surface area (Å²) in [6, 6.07) is 3.74. The van der Waals surface area contributed by atoms with Crippen molar-refractivity contribution in [2.75, 3.05) is 30.8 Å². The zero-order valence-corrected chi connectivity index (χ0v) is 10.0. The highest BCUT2D eigenvalue weighted by molar-refractivity contribution is 5.79. The molecule has 5 heteroatoms. The fourth-order valence-corrected chi connectivity index (χ4v) is 2.21. The number of pyridine rings is 1. The molecule has 0 aromatic carbocycles. The molecule has 1 saturated heterocycles. The van der Waals surface area contributed by atoms with Crippen LogP contribution < -0.4 is 16.0 Å². The van der Waals surface area contributed by atoms with E-state index in [1.807, 2.05) is 6.07 Å². The van der Waals surface area contributed by atoms with E-state index >= 15 is 0 Å². The van der Waals surface area contributed by atoms with Gasteiger partial charge in [-0.2, -0.15) is 0 Å². The van der Waals surface area contributed by atoms with E-state index < -0.39 is 0 Å². The molecule has 2 rings (SSSR count). The van der Waals surface area contributed by atoms with E-state index in [-0.39, 0.29) is 11.8 Å². The van der Waals surface area contributed by atoms with Crippen molar-refractivity contribution in [2.24, 2.45) is 5.92 Å². The van der Waals surface area contributed by atoms with Gasteiger partial charge in [0.25, 0.3) is 0 Å². The van der Waals surface area contributed by atoms with Crippen molar-refractivity contribution in [1.29, 1.82) is 0 Å². The molecule has 17 heavy (non-hydrogen) atoms. The minimum absolute atomic E-state index is 0.0753. The third-order valence-electron chi connectivity index (χ3n) is 3.17. The number of nitrogens with two attached hydrogens (primary N) is 1. The first-order valence-electron chi connectivity index (χ1n) is 5.89. The van der Waals surface area contributed by atoms with Gasteiger partial charge >= 0.3 is 0 Å². The molecular weight excluding hydrogens is 216 g/mol. The number of amides is 1. The predicted octanol–water partition coefficient (Wildman–Crippen LogP) is 0.626. The van der Waals surface area contributed by atoms with E-state index in [9.17, 15) is 4.79 Å². The number of nitrogens with zero attached hydrogens (tertiary/aromatic N) is 2. The Labute approximate surface area is 101 Å². The van der Waals surface area contributed by atoms with Crippen molar-refractivity contribution >= 4 is 17.4 Å². The van der Waals surface area contributed by atoms with E-state index in [2.05, 4.69) is 15.2 Å². The van der Waals surface area contributed by atoms with Crippen LogP contribution in [0.5, 0.6) is 0 Å². The summed E-state index contributed by atoms with van der Waals surface area (Å²) in [7, 11) is 1.69. The molecule has 0 bridgehead atoms. The van der Waals surface area contributed by atoms with Crippen LogP contribution in [0.4, 0.5) is 11.5 Å². The van der Waals surface area contributed by atoms with Crippen LogP contribution in [0.2, 0.25) is 0 Å². The number of hydrogen-bond donors (Lipinski definition) is 2. The highest BCUT2D eigenvalue weighted by Gasteiger charge is 2.25. The maximum atomic E-state index is 11.6. The molecule has 1 unspecified atom stereocenters. The van der Waals surface area contributed by atoms with E-state index in [0.29, 0.717) is 5.82 Å². The fourth-order valence-electron chi connectivity index (χ4n) is 2.21. The van der Waals surface area contributed by atoms with E-state index in [4.69, 9.17) is 5.73 Å². The maximum Gasteiger partial charge on any atom is 0.224 e. The molecule has 0 radical (unpaired) electrons. The summed E-state index contributed by atoms with van der Waals surface area (Å²) in [5.74, 6) is 0.720. The van der Waals surface area contributed by atoms with Crippen LogP contribution in [0.15, 0.2) is 18.3 Å². The second-order valence-corrected chi connectivity index (χ2v) is 4.34. The van der Waals surface area contributed by atoms with Gasteiger partial charge in [0.2, 0.25) is 5.91 Å². The van der Waals surface area contributed by atoms with Gasteiger partial charge in [-0.05, 0) is 25.0 Å². The standard InChI is InChI=1S/C12H18N4O/c1-14-12(17)9-3-2-6-16(8-9)10-4-5-11(13)15-7-10/h4-5,7,9H,2-3,6,8H2,1H3,(H2,13,15)(H,14,17). The smallest absolute Gasteiger partial charge is 0.224 e. The Balaban J connectivity index is 2.06. The zero-order chi connectivity index (χ0) is 12.3. The third-order valence-corrected chi connectivity index (χ3v) is 3.17. The lowest BCUT2D eigenvalue weighted by molar-refractivity contribution is -0.124. The monoisotopic (exact) mass is 234 g/mol. The first-order chi connectivity index (χ1) is 8.20. The van der Waals surface area contributed by atoms with Crippen molar-refractivity contribution in [3.8, 4) is 0 Å². The van der Waals surface area contributed by atoms with Crippen molar-refractivity contribution in [3.05, 3.63) is 18.3 Å². The van der Waals surface area contributed by atoms with Crippen LogP contribution in [0, 0.1) is 5.92 Å². The zero-order valence-electron chi connectivity index (χ0n) is 10.0. The third kappa shape index (κ3) is 2.67. The molecule has 3 N–H and O–H groups in total. The number of nitrogen functional groups attached to an aromatic ring is 1. The highest BCUT2D eigenvalue weighted by Crippen LogP contribution is 2.22. The SMILES string of the molecule is CNC(=O)C1CCCN(c2ccc(N)nc2)C1. The average Bonchev–Trinajstić information content (AvgIpc) is 2.39. The first-order valence-corrected chi connectivity index (χ1v) is 5.89. The number of nitrogens with one attached hydrogen (secondary N) is 1. The Morgan fingerprint density at radius 3 is 3.06 bits per heavy atom. The van der Waals surface area contributed by atoms with E-state index in [1.54, 1.807) is 19.3 Å². The lowest BCUT2D eigenvalue weighted by Gasteiger charge is -2.33. The Hall–Kier alpha value is -1.78. The molecule has 0 saturated carbocycles. The predicted molar refractivity (Wildman–Crippen MR) is 67.7 cm³/mol. The minimum atomic E-state index is 0.0753. The molecule has 5 nitrogen and oxygen atoms in total. The summed E-state index contributed by atoms with van der Waals surface area (Å²) in [6.45, 7) is 1.73. The van der Waals surface area contributed by atoms with Gasteiger partial charge < -0.3 is 16.0 Å². The second kappa shape index (κ2) is 5.03. The number of carbonyl (C=O) groups is 1. The van der Waals surface area contributed by atoms with Gasteiger partial charge in [0, 0.05) is 20.1 Å². The Bertz CT molecular complexity index is 390. The van der Waals surface area contributed by atoms with Gasteiger partial charge in [0.1, 0.15) is 5.82 Å². The number of piperidine rings is 1. The number of aromatic nitrogens is 1. The van der Waals surface area contributed by atoms with Crippen LogP contribution in [-0.2, 0) is 4.79 Å². The quantitative estimate of drug-likeness (QED) is 0.787. The van der Waals surface area contributed by atoms with Gasteiger partial charge in [0.15, 0.2) is 0 Å². The topological polar surface area (TPSA) is 71.2 Å². The van der Waals surface area contributed by atoms with Gasteiger partial charge in [-0.15, -0.1) is 0 Å². The molecule has 1 aliphatic rings. The number of carbonyl (C=O) groups excluding carboxylic acids is 1. The summed E-state index contributed by atoms with van der Waals surface area (Å²) < 4.78 is 0. The van der Waals surface area contributed by atoms with Gasteiger partial charge in [-0.1, -0.05) is 0 Å². The van der Waals surface area contributed by atoms with Crippen molar-refractivity contribution in [2.45, 2.75) is 12.8 Å². The van der Waals surface area contributed by atoms with E-state index in [1.165, 1.54) is 0 Å². The molecule has 0 aliphatic carbocycles. The molecule has 1 aromatic rings. The largest absolute Gasteiger partial charge is 0.384 e. The van der Waals surface area contributed by atoms with Crippen molar-refractivity contribution in [3.63, 3.8) is 0 Å². The number of hydrogen-bond acceptors (Lipinski definition) is 4. The molecule has 2 heterocycles. The summed E-state index contributed by atoms with van der Waals surface area (Å²) >= 11 is 0. The minimum Gasteiger partial charge on any atom is -0.384 e. The molecule has 1 fully saturated rings. The first kappa shape index (κ1) is 11.7. The summed E-state index contributed by atoms with van der Waals surface area (Å²) in [5, 5.41) is 2.71. The van der Waals surface area contributed by atoms with Crippen LogP contribution in [0.25, 0.3) is 0 Å². The molecule has 1 atom stereocenters. The Morgan fingerprint density at radius 1 is 1.59 bits per heavy atom. The average molecular weight is 234 g/mol. The number of anilines is 2. The summed E-state index contributed by atoms with van der Waals surface area (Å²) in [6.07, 6.45) is 3.75. The van der Waals surface area contributed by atoms with Crippen LogP contribution >= 0.6 is 0 Å². The fraction of sp³-hybridized carbons (Fsp3) is 0.500. The molecule has 0 spiro atoms. The maximum absolute atomic E-state index is 11.6. The molecule has 1 aliphatic heterocycles. The van der Waals surface area contributed by atoms with Gasteiger partial charge in [-0.3, -0.25) is 4.79 Å². The van der Waals surface area contributed by atoms with Crippen LogP contribution in [0.3, 0.4) is 0 Å². The van der Waals surface area contributed by atoms with Crippen molar-refractivity contribution in [1.82, 2.24) is 10.3 Å². The van der Waals surface area contributed by atoms with Crippen LogP contribution in [0.1, 0.15) is 12.8 Å². The normalized spacial score (nSPS) is 20.1. The van der Waals surface area contributed by atoms with Crippen molar-refractivity contribution < 1.29 is 4.79 Å². The highest BCUT2D eigenvalue weighted by atomic mass is 16.1.